The SMILES string of the molecule is CC(SCC[Si](Cl)(Cl)Cl)c1ccccc1. The van der Waals surface area contributed by atoms with Crippen molar-refractivity contribution < 1.29 is 0 Å². The Morgan fingerprint density at radius 3 is 2.33 bits per heavy atom. The maximum absolute atomic E-state index is 5.82. The summed E-state index contributed by atoms with van der Waals surface area (Å²) in [7, 11) is 0. The van der Waals surface area contributed by atoms with Gasteiger partial charge in [0.05, 0.1) is 0 Å². The second-order valence-corrected chi connectivity index (χ2v) is 14.0. The number of hydrogen-bond donors (Lipinski definition) is 0. The maximum Gasteiger partial charge on any atom is 0.342 e. The standard InChI is InChI=1S/C10H13Cl3SSi/c1-9(10-5-3-2-4-6-10)14-7-8-15(11,12)13/h2-6,9H,7-8H2,1H3. The van der Waals surface area contributed by atoms with Crippen LogP contribution in [0, 0.1) is 0 Å². The first kappa shape index (κ1) is 13.7. The van der Waals surface area contributed by atoms with Crippen molar-refractivity contribution in [2.75, 3.05) is 5.75 Å². The lowest BCUT2D eigenvalue weighted by Gasteiger charge is -2.13. The van der Waals surface area contributed by atoms with Crippen molar-refractivity contribution in [3.05, 3.63) is 35.9 Å². The fraction of sp³-hybridized carbons (Fsp3) is 0.400. The quantitative estimate of drug-likeness (QED) is 0.536. The van der Waals surface area contributed by atoms with E-state index in [4.69, 9.17) is 33.2 Å². The van der Waals surface area contributed by atoms with E-state index in [1.54, 1.807) is 0 Å². The molecule has 0 fully saturated rings. The molecule has 0 spiro atoms. The van der Waals surface area contributed by atoms with Gasteiger partial charge in [-0.25, -0.2) is 0 Å². The monoisotopic (exact) mass is 298 g/mol. The molecule has 1 aromatic rings. The lowest BCUT2D eigenvalue weighted by Crippen LogP contribution is -2.09. The molecule has 0 aromatic heterocycles. The van der Waals surface area contributed by atoms with Gasteiger partial charge in [-0.15, -0.1) is 33.2 Å². The fourth-order valence-electron chi connectivity index (χ4n) is 1.17. The average Bonchev–Trinajstić information content (AvgIpc) is 2.17. The zero-order chi connectivity index (χ0) is 11.3. The minimum absolute atomic E-state index is 0.465. The van der Waals surface area contributed by atoms with Crippen LogP contribution in [0.25, 0.3) is 0 Å². The van der Waals surface area contributed by atoms with Gasteiger partial charge in [-0.3, -0.25) is 0 Å². The van der Waals surface area contributed by atoms with Crippen LogP contribution in [-0.2, 0) is 0 Å². The van der Waals surface area contributed by atoms with Gasteiger partial charge >= 0.3 is 6.00 Å². The highest BCUT2D eigenvalue weighted by molar-refractivity contribution is 7.99. The van der Waals surface area contributed by atoms with E-state index in [2.05, 4.69) is 31.2 Å². The second kappa shape index (κ2) is 6.41. The van der Waals surface area contributed by atoms with E-state index >= 15 is 0 Å². The van der Waals surface area contributed by atoms with Crippen LogP contribution in [0.5, 0.6) is 0 Å². The third-order valence-electron chi connectivity index (χ3n) is 2.02. The third kappa shape index (κ3) is 6.08. The molecular weight excluding hydrogens is 287 g/mol. The minimum atomic E-state index is -2.43. The molecule has 0 aliphatic rings. The van der Waals surface area contributed by atoms with Crippen LogP contribution in [0.1, 0.15) is 17.7 Å². The lowest BCUT2D eigenvalue weighted by molar-refractivity contribution is 1.10. The zero-order valence-electron chi connectivity index (χ0n) is 8.42. The maximum atomic E-state index is 5.82. The molecule has 0 amide bonds. The Bertz CT molecular complexity index is 286. The van der Waals surface area contributed by atoms with Crippen LogP contribution in [0.15, 0.2) is 30.3 Å². The predicted molar refractivity (Wildman–Crippen MR) is 75.4 cm³/mol. The van der Waals surface area contributed by atoms with Gasteiger partial charge in [-0.1, -0.05) is 30.3 Å². The molecule has 0 saturated heterocycles. The van der Waals surface area contributed by atoms with Crippen LogP contribution < -0.4 is 0 Å². The molecule has 0 aliphatic heterocycles. The summed E-state index contributed by atoms with van der Waals surface area (Å²) in [4.78, 5) is 0. The van der Waals surface area contributed by atoms with Crippen molar-refractivity contribution in [1.29, 1.82) is 0 Å². The van der Waals surface area contributed by atoms with Crippen molar-refractivity contribution in [3.8, 4) is 0 Å². The first-order valence-corrected chi connectivity index (χ1v) is 11.0. The van der Waals surface area contributed by atoms with Crippen molar-refractivity contribution >= 4 is 51.0 Å². The average molecular weight is 300 g/mol. The molecule has 15 heavy (non-hydrogen) atoms. The smallest absolute Gasteiger partial charge is 0.154 e. The van der Waals surface area contributed by atoms with Crippen LogP contribution in [-0.4, -0.2) is 11.8 Å². The van der Waals surface area contributed by atoms with Crippen LogP contribution in [0.3, 0.4) is 0 Å². The van der Waals surface area contributed by atoms with Gasteiger partial charge in [0.1, 0.15) is 0 Å². The molecule has 0 N–H and O–H groups in total. The van der Waals surface area contributed by atoms with Gasteiger partial charge in [0.25, 0.3) is 0 Å². The number of rotatable bonds is 5. The largest absolute Gasteiger partial charge is 0.342 e. The van der Waals surface area contributed by atoms with Gasteiger partial charge in [0.15, 0.2) is 0 Å². The summed E-state index contributed by atoms with van der Waals surface area (Å²) in [6, 6.07) is 8.68. The Morgan fingerprint density at radius 2 is 1.80 bits per heavy atom. The van der Waals surface area contributed by atoms with Crippen molar-refractivity contribution in [2.24, 2.45) is 0 Å². The van der Waals surface area contributed by atoms with Gasteiger partial charge < -0.3 is 0 Å². The Hall–Kier alpha value is 0.657. The molecule has 0 saturated carbocycles. The Labute approximate surface area is 110 Å². The van der Waals surface area contributed by atoms with E-state index in [1.807, 2.05) is 17.8 Å². The summed E-state index contributed by atoms with van der Waals surface area (Å²) in [6.07, 6.45) is 0. The summed E-state index contributed by atoms with van der Waals surface area (Å²) in [5.74, 6) is 0.915. The molecule has 5 heteroatoms. The molecule has 0 nitrogen and oxygen atoms in total. The van der Waals surface area contributed by atoms with Crippen LogP contribution in [0.4, 0.5) is 0 Å². The van der Waals surface area contributed by atoms with E-state index in [1.165, 1.54) is 5.56 Å². The fourth-order valence-corrected chi connectivity index (χ4v) is 5.36. The number of hydrogen-bond acceptors (Lipinski definition) is 1. The highest BCUT2D eigenvalue weighted by Crippen LogP contribution is 2.33. The molecule has 0 radical (unpaired) electrons. The first-order chi connectivity index (χ1) is 6.99. The van der Waals surface area contributed by atoms with E-state index in [9.17, 15) is 0 Å². The van der Waals surface area contributed by atoms with Gasteiger partial charge in [0, 0.05) is 5.25 Å². The third-order valence-corrected chi connectivity index (χ3v) is 6.11. The Kier molecular flexibility index (Phi) is 5.86. The van der Waals surface area contributed by atoms with Crippen molar-refractivity contribution in [3.63, 3.8) is 0 Å². The lowest BCUT2D eigenvalue weighted by atomic mass is 10.2. The Balaban J connectivity index is 2.34. The highest BCUT2D eigenvalue weighted by atomic mass is 35.8. The summed E-state index contributed by atoms with van der Waals surface area (Å²) < 4.78 is 0. The van der Waals surface area contributed by atoms with Crippen LogP contribution in [0.2, 0.25) is 6.04 Å². The predicted octanol–water partition coefficient (Wildman–Crippen LogP) is 5.14. The molecule has 0 heterocycles. The van der Waals surface area contributed by atoms with Gasteiger partial charge in [-0.05, 0) is 24.3 Å². The highest BCUT2D eigenvalue weighted by Gasteiger charge is 2.24. The summed E-state index contributed by atoms with van der Waals surface area (Å²) in [6.45, 7) is 2.18. The molecule has 1 aromatic carbocycles. The summed E-state index contributed by atoms with van der Waals surface area (Å²) in [5.41, 5.74) is 1.33. The minimum Gasteiger partial charge on any atom is -0.154 e. The van der Waals surface area contributed by atoms with E-state index in [0.717, 1.165) is 11.8 Å². The van der Waals surface area contributed by atoms with E-state index in [-0.39, 0.29) is 0 Å². The number of halogens is 3. The van der Waals surface area contributed by atoms with Crippen molar-refractivity contribution in [1.82, 2.24) is 0 Å². The van der Waals surface area contributed by atoms with Crippen molar-refractivity contribution in [2.45, 2.75) is 18.2 Å². The van der Waals surface area contributed by atoms with Gasteiger partial charge in [-0.2, -0.15) is 11.8 Å². The second-order valence-electron chi connectivity index (χ2n) is 3.29. The number of benzene rings is 1. The number of thioether (sulfide) groups is 1. The normalized spacial score (nSPS) is 13.9. The molecular formula is C10H13Cl3SSi. The summed E-state index contributed by atoms with van der Waals surface area (Å²) >= 11 is 19.3. The van der Waals surface area contributed by atoms with Crippen LogP contribution >= 0.6 is 45.0 Å². The first-order valence-electron chi connectivity index (χ1n) is 4.72. The zero-order valence-corrected chi connectivity index (χ0v) is 12.5. The van der Waals surface area contributed by atoms with E-state index in [0.29, 0.717) is 5.25 Å². The molecule has 1 atom stereocenters. The summed E-state index contributed by atoms with van der Waals surface area (Å²) in [5, 5.41) is 0.465. The molecule has 0 aliphatic carbocycles. The van der Waals surface area contributed by atoms with E-state index < -0.39 is 6.00 Å². The Morgan fingerprint density at radius 1 is 1.20 bits per heavy atom. The topological polar surface area (TPSA) is 0 Å². The molecule has 1 rings (SSSR count). The molecule has 1 unspecified atom stereocenters. The van der Waals surface area contributed by atoms with Gasteiger partial charge in [0.2, 0.25) is 0 Å². The molecule has 0 bridgehead atoms. The molecule has 84 valence electrons.